The van der Waals surface area contributed by atoms with Crippen LogP contribution in [0.4, 0.5) is 0 Å². The fraction of sp³-hybridized carbons (Fsp3) is 0.909. The molecule has 0 heterocycles. The van der Waals surface area contributed by atoms with Gasteiger partial charge < -0.3 is 10.8 Å². The van der Waals surface area contributed by atoms with Crippen LogP contribution in [-0.2, 0) is 4.79 Å². The first-order chi connectivity index (χ1) is 6.38. The van der Waals surface area contributed by atoms with E-state index in [1.54, 1.807) is 0 Å². The van der Waals surface area contributed by atoms with E-state index in [9.17, 15) is 9.90 Å². The largest absolute Gasteiger partial charge is 0.480 e. The molecule has 0 amide bonds. The number of carboxylic acid groups (broad SMARTS) is 1. The van der Waals surface area contributed by atoms with Crippen molar-refractivity contribution >= 4 is 5.97 Å². The zero-order chi connectivity index (χ0) is 10.9. The molecule has 1 rings (SSSR count). The van der Waals surface area contributed by atoms with E-state index < -0.39 is 11.5 Å². The van der Waals surface area contributed by atoms with E-state index in [2.05, 4.69) is 20.8 Å². The molecule has 1 aliphatic rings. The first-order valence-electron chi connectivity index (χ1n) is 5.40. The minimum absolute atomic E-state index is 0.121. The number of carboxylic acids is 1. The number of aliphatic carboxylic acids is 1. The van der Waals surface area contributed by atoms with Crippen molar-refractivity contribution in [2.75, 3.05) is 0 Å². The summed E-state index contributed by atoms with van der Waals surface area (Å²) in [6, 6.07) is 0. The van der Waals surface area contributed by atoms with E-state index in [0.717, 1.165) is 12.8 Å². The average Bonchev–Trinajstić information content (AvgIpc) is 2.02. The molecule has 0 bridgehead atoms. The van der Waals surface area contributed by atoms with E-state index in [4.69, 9.17) is 5.73 Å². The Kier molecular flexibility index (Phi) is 3.20. The molecule has 3 atom stereocenters. The Morgan fingerprint density at radius 3 is 2.50 bits per heavy atom. The third-order valence-corrected chi connectivity index (χ3v) is 3.52. The van der Waals surface area contributed by atoms with Crippen LogP contribution >= 0.6 is 0 Å². The molecule has 3 nitrogen and oxygen atoms in total. The minimum atomic E-state index is -0.994. The Hall–Kier alpha value is -0.570. The first-order valence-corrected chi connectivity index (χ1v) is 5.40. The maximum absolute atomic E-state index is 11.2. The van der Waals surface area contributed by atoms with Gasteiger partial charge in [0, 0.05) is 0 Å². The van der Waals surface area contributed by atoms with Crippen LogP contribution in [0.3, 0.4) is 0 Å². The van der Waals surface area contributed by atoms with Gasteiger partial charge in [0.2, 0.25) is 0 Å². The Labute approximate surface area is 85.7 Å². The topological polar surface area (TPSA) is 63.3 Å². The minimum Gasteiger partial charge on any atom is -0.480 e. The van der Waals surface area contributed by atoms with E-state index in [0.29, 0.717) is 18.3 Å². The SMILES string of the molecule is CC(C)[C@H]1CC[C@H](C)C[C@@]1(N)C(=O)O. The van der Waals surface area contributed by atoms with Crippen LogP contribution in [0.25, 0.3) is 0 Å². The van der Waals surface area contributed by atoms with Crippen molar-refractivity contribution in [3.05, 3.63) is 0 Å². The predicted molar refractivity (Wildman–Crippen MR) is 55.9 cm³/mol. The second kappa shape index (κ2) is 3.89. The molecule has 1 aliphatic carbocycles. The van der Waals surface area contributed by atoms with Crippen molar-refractivity contribution in [2.24, 2.45) is 23.5 Å². The lowest BCUT2D eigenvalue weighted by atomic mass is 9.65. The molecule has 0 aromatic carbocycles. The van der Waals surface area contributed by atoms with Crippen LogP contribution in [-0.4, -0.2) is 16.6 Å². The van der Waals surface area contributed by atoms with Gasteiger partial charge in [0.25, 0.3) is 0 Å². The fourth-order valence-electron chi connectivity index (χ4n) is 2.73. The van der Waals surface area contributed by atoms with Crippen LogP contribution in [0.1, 0.15) is 40.0 Å². The molecule has 0 radical (unpaired) electrons. The van der Waals surface area contributed by atoms with Gasteiger partial charge >= 0.3 is 5.97 Å². The summed E-state index contributed by atoms with van der Waals surface area (Å²) in [6.45, 7) is 6.21. The van der Waals surface area contributed by atoms with Crippen molar-refractivity contribution in [1.29, 1.82) is 0 Å². The Balaban J connectivity index is 2.88. The van der Waals surface area contributed by atoms with Crippen LogP contribution in [0.15, 0.2) is 0 Å². The molecular weight excluding hydrogens is 178 g/mol. The summed E-state index contributed by atoms with van der Waals surface area (Å²) in [7, 11) is 0. The zero-order valence-electron chi connectivity index (χ0n) is 9.29. The molecule has 0 aromatic rings. The van der Waals surface area contributed by atoms with Gasteiger partial charge in [-0.3, -0.25) is 4.79 Å². The fourth-order valence-corrected chi connectivity index (χ4v) is 2.73. The van der Waals surface area contributed by atoms with Gasteiger partial charge in [0.1, 0.15) is 5.54 Å². The van der Waals surface area contributed by atoms with Crippen molar-refractivity contribution < 1.29 is 9.90 Å². The zero-order valence-corrected chi connectivity index (χ0v) is 9.29. The lowest BCUT2D eigenvalue weighted by molar-refractivity contribution is -0.149. The second-order valence-corrected chi connectivity index (χ2v) is 5.08. The number of carbonyl (C=O) groups is 1. The van der Waals surface area contributed by atoms with E-state index in [-0.39, 0.29) is 5.92 Å². The normalized spacial score (nSPS) is 38.6. The molecule has 3 heteroatoms. The van der Waals surface area contributed by atoms with Gasteiger partial charge in [-0.25, -0.2) is 0 Å². The Bertz CT molecular complexity index is 227. The predicted octanol–water partition coefficient (Wildman–Crippen LogP) is 1.86. The summed E-state index contributed by atoms with van der Waals surface area (Å²) in [5.74, 6) is 0.0775. The van der Waals surface area contributed by atoms with Crippen LogP contribution < -0.4 is 5.73 Å². The summed E-state index contributed by atoms with van der Waals surface area (Å²) < 4.78 is 0. The highest BCUT2D eigenvalue weighted by molar-refractivity contribution is 5.79. The Morgan fingerprint density at radius 1 is 1.50 bits per heavy atom. The van der Waals surface area contributed by atoms with Crippen molar-refractivity contribution in [3.63, 3.8) is 0 Å². The van der Waals surface area contributed by atoms with Gasteiger partial charge in [-0.15, -0.1) is 0 Å². The maximum Gasteiger partial charge on any atom is 0.323 e. The van der Waals surface area contributed by atoms with Crippen molar-refractivity contribution in [1.82, 2.24) is 0 Å². The highest BCUT2D eigenvalue weighted by atomic mass is 16.4. The summed E-state index contributed by atoms with van der Waals surface area (Å²) in [5, 5.41) is 9.21. The quantitative estimate of drug-likeness (QED) is 0.713. The highest BCUT2D eigenvalue weighted by Crippen LogP contribution is 2.39. The lowest BCUT2D eigenvalue weighted by Gasteiger charge is -2.42. The third kappa shape index (κ3) is 1.92. The summed E-state index contributed by atoms with van der Waals surface area (Å²) in [4.78, 5) is 11.2. The van der Waals surface area contributed by atoms with E-state index >= 15 is 0 Å². The molecule has 1 fully saturated rings. The molecule has 0 unspecified atom stereocenters. The van der Waals surface area contributed by atoms with E-state index in [1.165, 1.54) is 0 Å². The number of hydrogen-bond acceptors (Lipinski definition) is 2. The van der Waals surface area contributed by atoms with E-state index in [1.807, 2.05) is 0 Å². The standard InChI is InChI=1S/C11H21NO2/c1-7(2)9-5-4-8(3)6-11(9,12)10(13)14/h7-9H,4-6,12H2,1-3H3,(H,13,14)/t8-,9+,11-/m0/s1. The van der Waals surface area contributed by atoms with Gasteiger partial charge in [0.05, 0.1) is 0 Å². The maximum atomic E-state index is 11.2. The smallest absolute Gasteiger partial charge is 0.323 e. The third-order valence-electron chi connectivity index (χ3n) is 3.52. The van der Waals surface area contributed by atoms with Gasteiger partial charge in [-0.05, 0) is 30.6 Å². The molecule has 82 valence electrons. The molecule has 14 heavy (non-hydrogen) atoms. The molecule has 0 aromatic heterocycles. The van der Waals surface area contributed by atoms with Crippen molar-refractivity contribution in [2.45, 2.75) is 45.6 Å². The van der Waals surface area contributed by atoms with Gasteiger partial charge in [-0.2, -0.15) is 0 Å². The number of nitrogens with two attached hydrogens (primary N) is 1. The van der Waals surface area contributed by atoms with Gasteiger partial charge in [-0.1, -0.05) is 27.2 Å². The molecule has 0 spiro atoms. The molecular formula is C11H21NO2. The number of rotatable bonds is 2. The molecule has 3 N–H and O–H groups in total. The summed E-state index contributed by atoms with van der Waals surface area (Å²) >= 11 is 0. The van der Waals surface area contributed by atoms with Crippen LogP contribution in [0, 0.1) is 17.8 Å². The summed E-state index contributed by atoms with van der Waals surface area (Å²) in [6.07, 6.45) is 2.67. The van der Waals surface area contributed by atoms with Crippen LogP contribution in [0.2, 0.25) is 0 Å². The molecule has 1 saturated carbocycles. The summed E-state index contributed by atoms with van der Waals surface area (Å²) in [5.41, 5.74) is 5.04. The number of hydrogen-bond donors (Lipinski definition) is 2. The second-order valence-electron chi connectivity index (χ2n) is 5.08. The molecule has 0 aliphatic heterocycles. The highest BCUT2D eigenvalue weighted by Gasteiger charge is 2.46. The molecule has 0 saturated heterocycles. The van der Waals surface area contributed by atoms with Crippen LogP contribution in [0.5, 0.6) is 0 Å². The lowest BCUT2D eigenvalue weighted by Crippen LogP contribution is -2.58. The first kappa shape index (κ1) is 11.5. The van der Waals surface area contributed by atoms with Crippen molar-refractivity contribution in [3.8, 4) is 0 Å². The average molecular weight is 199 g/mol. The monoisotopic (exact) mass is 199 g/mol. The van der Waals surface area contributed by atoms with Gasteiger partial charge in [0.15, 0.2) is 0 Å². The Morgan fingerprint density at radius 2 is 2.07 bits per heavy atom.